The van der Waals surface area contributed by atoms with Crippen molar-refractivity contribution in [2.45, 2.75) is 0 Å². The molecule has 0 N–H and O–H groups in total. The summed E-state index contributed by atoms with van der Waals surface area (Å²) in [5, 5.41) is 13.5. The second-order valence-electron chi connectivity index (χ2n) is 6.19. The van der Waals surface area contributed by atoms with Gasteiger partial charge in [-0.05, 0) is 11.5 Å². The smallest absolute Gasteiger partial charge is 0.846 e. The minimum Gasteiger partial charge on any atom is -0.846 e. The van der Waals surface area contributed by atoms with Crippen molar-refractivity contribution >= 4 is 40.3 Å². The molecule has 0 radical (unpaired) electrons. The van der Waals surface area contributed by atoms with Crippen LogP contribution in [0.5, 0.6) is 0 Å². The second-order valence-corrected chi connectivity index (χ2v) is 6.19. The molecule has 0 aliphatic carbocycles. The number of benzene rings is 2. The number of carbonyl (C=O) groups excluding carboxylic acids is 3. The van der Waals surface area contributed by atoms with Gasteiger partial charge in [0.25, 0.3) is 11.8 Å². The molecule has 0 unspecified atom stereocenters. The van der Waals surface area contributed by atoms with Crippen LogP contribution in [0.3, 0.4) is 0 Å². The number of nitrogens with zero attached hydrogens (tertiary/aromatic N) is 3. The topological polar surface area (TPSA) is 102 Å². The molecule has 0 bridgehead atoms. The number of amidine groups is 1. The number of anilines is 1. The fraction of sp³-hybridized carbons (Fsp3) is 0.100. The maximum atomic E-state index is 13.2. The Bertz CT molecular complexity index is 1150. The SMILES string of the molecule is COC(=O)C1=CN(c2cccc3ccccc23)C(=O)/C1=C1/N=C([O-])N(C)C1=O.[K+]. The third-order valence-electron chi connectivity index (χ3n) is 4.63. The van der Waals surface area contributed by atoms with E-state index in [-0.39, 0.29) is 68.2 Å². The van der Waals surface area contributed by atoms with Crippen molar-refractivity contribution in [3.8, 4) is 0 Å². The maximum Gasteiger partial charge on any atom is 1.00 e. The third kappa shape index (κ3) is 3.45. The van der Waals surface area contributed by atoms with Gasteiger partial charge in [-0.15, -0.1) is 0 Å². The molecule has 0 saturated heterocycles. The molecule has 2 aliphatic rings. The molecule has 0 saturated carbocycles. The molecule has 0 fully saturated rings. The minimum absolute atomic E-state index is 0. The van der Waals surface area contributed by atoms with E-state index in [0.29, 0.717) is 5.69 Å². The van der Waals surface area contributed by atoms with E-state index in [2.05, 4.69) is 4.99 Å². The van der Waals surface area contributed by atoms with Crippen LogP contribution in [-0.4, -0.2) is 42.9 Å². The minimum atomic E-state index is -0.802. The summed E-state index contributed by atoms with van der Waals surface area (Å²) in [6.45, 7) is 0. The predicted octanol–water partition coefficient (Wildman–Crippen LogP) is -2.31. The van der Waals surface area contributed by atoms with Crippen molar-refractivity contribution in [2.75, 3.05) is 19.1 Å². The number of hydrogen-bond donors (Lipinski definition) is 0. The number of aliphatic imine (C=N–C) groups is 1. The molecule has 2 aliphatic heterocycles. The maximum absolute atomic E-state index is 13.2. The molecular weight excluding hydrogens is 401 g/mol. The van der Waals surface area contributed by atoms with E-state index in [1.807, 2.05) is 30.3 Å². The molecule has 0 aromatic heterocycles. The van der Waals surface area contributed by atoms with Gasteiger partial charge in [0, 0.05) is 18.6 Å². The number of ether oxygens (including phenoxy) is 1. The number of likely N-dealkylation sites (N-methyl/N-ethyl adjacent to an activating group) is 1. The molecule has 140 valence electrons. The van der Waals surface area contributed by atoms with Crippen LogP contribution in [0.1, 0.15) is 0 Å². The van der Waals surface area contributed by atoms with Gasteiger partial charge >= 0.3 is 57.4 Å². The summed E-state index contributed by atoms with van der Waals surface area (Å²) in [6, 6.07) is 12.1. The van der Waals surface area contributed by atoms with E-state index in [9.17, 15) is 19.5 Å². The van der Waals surface area contributed by atoms with Crippen molar-refractivity contribution in [3.63, 3.8) is 0 Å². The van der Waals surface area contributed by atoms with Crippen molar-refractivity contribution in [1.82, 2.24) is 4.90 Å². The van der Waals surface area contributed by atoms with E-state index < -0.39 is 23.8 Å². The van der Waals surface area contributed by atoms with Gasteiger partial charge in [-0.3, -0.25) is 14.5 Å². The first-order valence-electron chi connectivity index (χ1n) is 8.34. The average Bonchev–Trinajstić information content (AvgIpc) is 3.18. The monoisotopic (exact) mass is 415 g/mol. The Morgan fingerprint density at radius 3 is 2.41 bits per heavy atom. The molecule has 2 amide bonds. The molecule has 4 rings (SSSR count). The molecule has 8 nitrogen and oxygen atoms in total. The standard InChI is InChI=1S/C20H15N3O5.K/c1-22-18(25)16(21-20(22)27)15-13(19(26)28-2)10-23(17(15)24)14-9-5-7-11-6-3-4-8-12(11)14;/h3-10H,1-2H3,(H,21,27);/q;+1/p-1/b16-15+;. The van der Waals surface area contributed by atoms with Crippen LogP contribution in [0.25, 0.3) is 10.8 Å². The van der Waals surface area contributed by atoms with Crippen LogP contribution in [0, 0.1) is 0 Å². The van der Waals surface area contributed by atoms with Gasteiger partial charge in [0.1, 0.15) is 5.70 Å². The van der Waals surface area contributed by atoms with Gasteiger partial charge in [0.05, 0.1) is 30.0 Å². The molecule has 2 heterocycles. The van der Waals surface area contributed by atoms with Crippen molar-refractivity contribution in [3.05, 3.63) is 65.5 Å². The number of esters is 1. The number of rotatable bonds is 2. The van der Waals surface area contributed by atoms with E-state index in [0.717, 1.165) is 15.7 Å². The van der Waals surface area contributed by atoms with Crippen molar-refractivity contribution < 1.29 is 75.6 Å². The Kier molecular flexibility index (Phi) is 6.06. The van der Waals surface area contributed by atoms with E-state index in [4.69, 9.17) is 4.74 Å². The molecule has 0 atom stereocenters. The molecule has 29 heavy (non-hydrogen) atoms. The fourth-order valence-electron chi connectivity index (χ4n) is 3.21. The summed E-state index contributed by atoms with van der Waals surface area (Å²) >= 11 is 0. The molecule has 2 aromatic carbocycles. The molecule has 9 heteroatoms. The number of fused-ring (bicyclic) bond motifs is 1. The van der Waals surface area contributed by atoms with Crippen LogP contribution < -0.4 is 61.4 Å². The normalized spacial score (nSPS) is 18.7. The Morgan fingerprint density at radius 1 is 1.07 bits per heavy atom. The fourth-order valence-corrected chi connectivity index (χ4v) is 3.21. The average molecular weight is 415 g/mol. The van der Waals surface area contributed by atoms with Crippen molar-refractivity contribution in [1.29, 1.82) is 0 Å². The first-order valence-corrected chi connectivity index (χ1v) is 8.34. The third-order valence-corrected chi connectivity index (χ3v) is 4.63. The summed E-state index contributed by atoms with van der Waals surface area (Å²) in [5.74, 6) is -2.18. The molecular formula is C20H14KN3O5. The summed E-state index contributed by atoms with van der Waals surface area (Å²) < 4.78 is 4.76. The molecule has 2 aromatic rings. The second kappa shape index (κ2) is 8.21. The van der Waals surface area contributed by atoms with E-state index in [1.165, 1.54) is 25.3 Å². The molecule has 0 spiro atoms. The van der Waals surface area contributed by atoms with Gasteiger partial charge in [-0.2, -0.15) is 0 Å². The van der Waals surface area contributed by atoms with Gasteiger partial charge in [0.15, 0.2) is 0 Å². The largest absolute Gasteiger partial charge is 1.00 e. The Labute approximate surface area is 208 Å². The summed E-state index contributed by atoms with van der Waals surface area (Å²) in [7, 11) is 2.42. The van der Waals surface area contributed by atoms with Crippen LogP contribution in [-0.2, 0) is 19.1 Å². The summed E-state index contributed by atoms with van der Waals surface area (Å²) in [5.41, 5.74) is -0.208. The van der Waals surface area contributed by atoms with Gasteiger partial charge in [-0.1, -0.05) is 36.4 Å². The predicted molar refractivity (Wildman–Crippen MR) is 98.8 cm³/mol. The zero-order chi connectivity index (χ0) is 20.0. The Balaban J connectivity index is 0.00000240. The van der Waals surface area contributed by atoms with Gasteiger partial charge in [0.2, 0.25) is 0 Å². The number of amides is 2. The quantitative estimate of drug-likeness (QED) is 0.312. The van der Waals surface area contributed by atoms with Gasteiger partial charge in [-0.25, -0.2) is 9.79 Å². The summed E-state index contributed by atoms with van der Waals surface area (Å²) in [4.78, 5) is 43.5. The number of methoxy groups -OCH3 is 1. The Hall–Kier alpha value is -2.30. The van der Waals surface area contributed by atoms with Crippen LogP contribution >= 0.6 is 0 Å². The van der Waals surface area contributed by atoms with Crippen LogP contribution in [0.4, 0.5) is 5.69 Å². The van der Waals surface area contributed by atoms with E-state index in [1.54, 1.807) is 12.1 Å². The van der Waals surface area contributed by atoms with Crippen LogP contribution in [0.2, 0.25) is 0 Å². The Morgan fingerprint density at radius 2 is 1.76 bits per heavy atom. The van der Waals surface area contributed by atoms with Gasteiger partial charge < -0.3 is 14.7 Å². The first-order chi connectivity index (χ1) is 13.4. The number of carbonyl (C=O) groups is 3. The van der Waals surface area contributed by atoms with Crippen LogP contribution in [0.15, 0.2) is 70.5 Å². The zero-order valence-electron chi connectivity index (χ0n) is 16.0. The van der Waals surface area contributed by atoms with E-state index >= 15 is 0 Å². The van der Waals surface area contributed by atoms with Crippen molar-refractivity contribution in [2.24, 2.45) is 4.99 Å². The summed E-state index contributed by atoms with van der Waals surface area (Å²) in [6.07, 6.45) is 1.31. The number of hydrogen-bond acceptors (Lipinski definition) is 6. The zero-order valence-corrected chi connectivity index (χ0v) is 19.1. The first kappa shape index (κ1) is 21.4.